The summed E-state index contributed by atoms with van der Waals surface area (Å²) in [6, 6.07) is 5.18. The maximum absolute atomic E-state index is 12.5. The molecule has 2 heterocycles. The Morgan fingerprint density at radius 3 is 2.81 bits per heavy atom. The summed E-state index contributed by atoms with van der Waals surface area (Å²) < 4.78 is 31.9. The van der Waals surface area contributed by atoms with Crippen LogP contribution in [0.4, 0.5) is 0 Å². The zero-order valence-electron chi connectivity index (χ0n) is 11.5. The van der Waals surface area contributed by atoms with Crippen molar-refractivity contribution < 1.29 is 12.9 Å². The van der Waals surface area contributed by atoms with Gasteiger partial charge in [0.05, 0.1) is 10.0 Å². The molecule has 0 bridgehead atoms. The quantitative estimate of drug-likeness (QED) is 0.722. The summed E-state index contributed by atoms with van der Waals surface area (Å²) in [4.78, 5) is 0.874. The third-order valence-corrected chi connectivity index (χ3v) is 5.62. The van der Waals surface area contributed by atoms with E-state index >= 15 is 0 Å². The summed E-state index contributed by atoms with van der Waals surface area (Å²) in [5.74, 6) is 0.103. The first-order chi connectivity index (χ1) is 9.90. The Labute approximate surface area is 132 Å². The zero-order chi connectivity index (χ0) is 15.5. The van der Waals surface area contributed by atoms with Crippen molar-refractivity contribution in [2.24, 2.45) is 0 Å². The highest BCUT2D eigenvalue weighted by Crippen LogP contribution is 2.24. The average Bonchev–Trinajstić information content (AvgIpc) is 2.97. The molecular weight excluding hydrogens is 332 g/mol. The molecule has 2 aromatic heterocycles. The molecule has 5 nitrogen and oxygen atoms in total. The largest absolute Gasteiger partial charge is 0.360 e. The minimum atomic E-state index is -3.52. The first-order valence-electron chi connectivity index (χ1n) is 6.16. The minimum absolute atomic E-state index is 0.221. The van der Waals surface area contributed by atoms with Crippen LogP contribution in [-0.2, 0) is 22.3 Å². The van der Waals surface area contributed by atoms with E-state index in [1.54, 1.807) is 25.1 Å². The Hall–Kier alpha value is -1.15. The Balaban J connectivity index is 2.17. The summed E-state index contributed by atoms with van der Waals surface area (Å²) in [5, 5.41) is 3.70. The van der Waals surface area contributed by atoms with Gasteiger partial charge < -0.3 is 4.52 Å². The number of hydrogen-bond donors (Lipinski definition) is 0. The van der Waals surface area contributed by atoms with Crippen LogP contribution in [-0.4, -0.2) is 24.4 Å². The molecule has 0 radical (unpaired) electrons. The summed E-state index contributed by atoms with van der Waals surface area (Å²) in [7, 11) is -3.52. The summed E-state index contributed by atoms with van der Waals surface area (Å²) >= 11 is 7.23. The van der Waals surface area contributed by atoms with Gasteiger partial charge in [0.25, 0.3) is 0 Å². The molecule has 8 heteroatoms. The van der Waals surface area contributed by atoms with Gasteiger partial charge >= 0.3 is 0 Å². The molecule has 0 saturated carbocycles. The fourth-order valence-corrected chi connectivity index (χ4v) is 4.32. The number of aryl methyl sites for hydroxylation is 1. The third kappa shape index (κ3) is 4.41. The predicted octanol–water partition coefficient (Wildman–Crippen LogP) is 3.22. The molecule has 21 heavy (non-hydrogen) atoms. The van der Waals surface area contributed by atoms with Crippen molar-refractivity contribution in [3.05, 3.63) is 51.5 Å². The lowest BCUT2D eigenvalue weighted by molar-refractivity contribution is 0.382. The molecule has 0 unspecified atom stereocenters. The fraction of sp³-hybridized carbons (Fsp3) is 0.308. The second-order valence-corrected chi connectivity index (χ2v) is 8.25. The second-order valence-electron chi connectivity index (χ2n) is 4.48. The van der Waals surface area contributed by atoms with Gasteiger partial charge in [-0.2, -0.15) is 4.31 Å². The van der Waals surface area contributed by atoms with Gasteiger partial charge in [-0.05, 0) is 19.1 Å². The molecular formula is C13H15ClN2O3S2. The Morgan fingerprint density at radius 1 is 1.52 bits per heavy atom. The van der Waals surface area contributed by atoms with E-state index in [1.165, 1.54) is 15.6 Å². The molecule has 0 fully saturated rings. The Morgan fingerprint density at radius 2 is 2.29 bits per heavy atom. The number of sulfonamides is 1. The van der Waals surface area contributed by atoms with Crippen molar-refractivity contribution in [1.82, 2.24) is 9.46 Å². The smallest absolute Gasteiger partial charge is 0.222 e. The first-order valence-corrected chi connectivity index (χ1v) is 8.96. The lowest BCUT2D eigenvalue weighted by Gasteiger charge is -2.19. The molecule has 0 aliphatic carbocycles. The number of aromatic nitrogens is 1. The van der Waals surface area contributed by atoms with Crippen LogP contribution in [0.5, 0.6) is 0 Å². The summed E-state index contributed by atoms with van der Waals surface area (Å²) in [6.45, 7) is 5.84. The van der Waals surface area contributed by atoms with Crippen LogP contribution in [0.1, 0.15) is 16.3 Å². The highest BCUT2D eigenvalue weighted by atomic mass is 35.5. The first kappa shape index (κ1) is 16.2. The highest BCUT2D eigenvalue weighted by Gasteiger charge is 2.24. The van der Waals surface area contributed by atoms with Gasteiger partial charge in [-0.15, -0.1) is 17.9 Å². The molecule has 0 saturated heterocycles. The van der Waals surface area contributed by atoms with Crippen molar-refractivity contribution in [3.63, 3.8) is 0 Å². The second kappa shape index (κ2) is 6.74. The minimum Gasteiger partial charge on any atom is -0.360 e. The van der Waals surface area contributed by atoms with Crippen LogP contribution < -0.4 is 0 Å². The molecule has 114 valence electrons. The molecule has 0 aliphatic heterocycles. The molecule has 0 atom stereocenters. The van der Waals surface area contributed by atoms with Crippen molar-refractivity contribution >= 4 is 33.0 Å². The number of thiophene rings is 1. The van der Waals surface area contributed by atoms with E-state index in [4.69, 9.17) is 16.1 Å². The van der Waals surface area contributed by atoms with E-state index < -0.39 is 10.0 Å². The van der Waals surface area contributed by atoms with Gasteiger partial charge in [0.2, 0.25) is 10.0 Å². The van der Waals surface area contributed by atoms with Crippen LogP contribution in [0.3, 0.4) is 0 Å². The SMILES string of the molecule is C=CCN(Cc1ccc(Cl)s1)S(=O)(=O)Cc1cc(C)no1. The van der Waals surface area contributed by atoms with Crippen LogP contribution in [0.2, 0.25) is 4.34 Å². The van der Waals surface area contributed by atoms with Crippen LogP contribution in [0, 0.1) is 6.92 Å². The number of hydrogen-bond acceptors (Lipinski definition) is 5. The topological polar surface area (TPSA) is 63.4 Å². The van der Waals surface area contributed by atoms with Crippen LogP contribution in [0.15, 0.2) is 35.4 Å². The van der Waals surface area contributed by atoms with Gasteiger partial charge in [-0.3, -0.25) is 0 Å². The molecule has 0 aromatic carbocycles. The third-order valence-electron chi connectivity index (χ3n) is 2.69. The lowest BCUT2D eigenvalue weighted by Crippen LogP contribution is -2.31. The van der Waals surface area contributed by atoms with E-state index in [0.717, 1.165) is 4.88 Å². The van der Waals surface area contributed by atoms with E-state index in [2.05, 4.69) is 11.7 Å². The van der Waals surface area contributed by atoms with Crippen molar-refractivity contribution in [1.29, 1.82) is 0 Å². The Kier molecular flexibility index (Phi) is 5.21. The van der Waals surface area contributed by atoms with E-state index in [1.807, 2.05) is 6.07 Å². The predicted molar refractivity (Wildman–Crippen MR) is 83.8 cm³/mol. The average molecular weight is 347 g/mol. The van der Waals surface area contributed by atoms with E-state index in [9.17, 15) is 8.42 Å². The maximum Gasteiger partial charge on any atom is 0.222 e. The van der Waals surface area contributed by atoms with Gasteiger partial charge in [-0.1, -0.05) is 22.8 Å². The lowest BCUT2D eigenvalue weighted by atomic mass is 10.4. The van der Waals surface area contributed by atoms with Crippen molar-refractivity contribution in [3.8, 4) is 0 Å². The monoisotopic (exact) mass is 346 g/mol. The van der Waals surface area contributed by atoms with E-state index in [0.29, 0.717) is 15.8 Å². The summed E-state index contributed by atoms with van der Waals surface area (Å²) in [6.07, 6.45) is 1.55. The standard InChI is InChI=1S/C13H15ClN2O3S2/c1-3-6-16(8-12-4-5-13(14)20-12)21(17,18)9-11-7-10(2)15-19-11/h3-5,7H,1,6,8-9H2,2H3. The van der Waals surface area contributed by atoms with Gasteiger partial charge in [-0.25, -0.2) is 8.42 Å². The summed E-state index contributed by atoms with van der Waals surface area (Å²) in [5.41, 5.74) is 0.653. The molecule has 2 aromatic rings. The molecule has 0 spiro atoms. The van der Waals surface area contributed by atoms with Crippen molar-refractivity contribution in [2.45, 2.75) is 19.2 Å². The van der Waals surface area contributed by atoms with Crippen LogP contribution in [0.25, 0.3) is 0 Å². The van der Waals surface area contributed by atoms with Gasteiger partial charge in [0.15, 0.2) is 5.76 Å². The van der Waals surface area contributed by atoms with E-state index in [-0.39, 0.29) is 18.8 Å². The molecule has 2 rings (SSSR count). The Bertz CT molecular complexity index is 721. The van der Waals surface area contributed by atoms with Crippen molar-refractivity contribution in [2.75, 3.05) is 6.54 Å². The number of nitrogens with zero attached hydrogens (tertiary/aromatic N) is 2. The zero-order valence-corrected chi connectivity index (χ0v) is 13.8. The molecule has 0 aliphatic rings. The molecule has 0 amide bonds. The van der Waals surface area contributed by atoms with Gasteiger partial charge in [0.1, 0.15) is 5.75 Å². The van der Waals surface area contributed by atoms with Crippen LogP contribution >= 0.6 is 22.9 Å². The number of halogens is 1. The number of rotatable bonds is 7. The fourth-order valence-electron chi connectivity index (χ4n) is 1.79. The maximum atomic E-state index is 12.5. The molecule has 0 N–H and O–H groups in total. The van der Waals surface area contributed by atoms with Gasteiger partial charge in [0, 0.05) is 24.0 Å². The normalized spacial score (nSPS) is 12.0. The highest BCUT2D eigenvalue weighted by molar-refractivity contribution is 7.88.